The molecule has 0 aliphatic rings. The first kappa shape index (κ1) is 20.2. The van der Waals surface area contributed by atoms with Gasteiger partial charge in [-0.2, -0.15) is 0 Å². The van der Waals surface area contributed by atoms with Gasteiger partial charge in [0.05, 0.1) is 0 Å². The number of benzene rings is 3. The van der Waals surface area contributed by atoms with Crippen LogP contribution in [0.4, 0.5) is 17.1 Å². The number of aryl methyl sites for hydroxylation is 3. The summed E-state index contributed by atoms with van der Waals surface area (Å²) in [6.07, 6.45) is 6.95. The van der Waals surface area contributed by atoms with Crippen LogP contribution in [0, 0.1) is 0 Å². The predicted octanol–water partition coefficient (Wildman–Crippen LogP) is 8.01. The third-order valence-electron chi connectivity index (χ3n) is 5.20. The first-order chi connectivity index (χ1) is 13.7. The molecule has 0 fully saturated rings. The van der Waals surface area contributed by atoms with Crippen LogP contribution in [0.5, 0.6) is 0 Å². The molecule has 0 saturated carbocycles. The molecule has 1 heteroatoms. The summed E-state index contributed by atoms with van der Waals surface area (Å²) in [6, 6.07) is 27.1. The maximum atomic E-state index is 2.36. The third-order valence-corrected chi connectivity index (χ3v) is 5.20. The lowest BCUT2D eigenvalue weighted by atomic mass is 10.1. The standard InChI is InChI=1S/C27H33N/c1-4-7-22-10-16-25(17-11-22)28(26-18-12-23(8-5-2)13-19-26)27-20-14-24(9-6-3)15-21-27/h10-21H,4-9H2,1-3H3. The van der Waals surface area contributed by atoms with Crippen molar-refractivity contribution in [3.05, 3.63) is 89.5 Å². The van der Waals surface area contributed by atoms with Crippen LogP contribution in [0.1, 0.15) is 56.7 Å². The van der Waals surface area contributed by atoms with E-state index in [1.165, 1.54) is 53.0 Å². The molecule has 0 bridgehead atoms. The van der Waals surface area contributed by atoms with Gasteiger partial charge in [-0.05, 0) is 72.4 Å². The molecule has 0 atom stereocenters. The van der Waals surface area contributed by atoms with Gasteiger partial charge in [-0.15, -0.1) is 0 Å². The van der Waals surface area contributed by atoms with E-state index in [2.05, 4.69) is 98.5 Å². The SMILES string of the molecule is CCCc1ccc(N(c2ccc(CCC)cc2)c2ccc(CCC)cc2)cc1. The van der Waals surface area contributed by atoms with E-state index in [-0.39, 0.29) is 0 Å². The average molecular weight is 372 g/mol. The van der Waals surface area contributed by atoms with Crippen LogP contribution in [0.3, 0.4) is 0 Å². The average Bonchev–Trinajstić information content (AvgIpc) is 2.73. The van der Waals surface area contributed by atoms with Crippen molar-refractivity contribution in [2.45, 2.75) is 59.3 Å². The molecular weight excluding hydrogens is 338 g/mol. The lowest BCUT2D eigenvalue weighted by Crippen LogP contribution is -2.10. The van der Waals surface area contributed by atoms with Crippen LogP contribution >= 0.6 is 0 Å². The Balaban J connectivity index is 1.97. The molecular formula is C27H33N. The largest absolute Gasteiger partial charge is 0.311 e. The van der Waals surface area contributed by atoms with E-state index < -0.39 is 0 Å². The van der Waals surface area contributed by atoms with Crippen LogP contribution in [-0.4, -0.2) is 0 Å². The summed E-state index contributed by atoms with van der Waals surface area (Å²) >= 11 is 0. The van der Waals surface area contributed by atoms with E-state index in [0.29, 0.717) is 0 Å². The number of nitrogens with zero attached hydrogens (tertiary/aromatic N) is 1. The lowest BCUT2D eigenvalue weighted by Gasteiger charge is -2.26. The highest BCUT2D eigenvalue weighted by atomic mass is 15.1. The van der Waals surface area contributed by atoms with Crippen molar-refractivity contribution in [1.29, 1.82) is 0 Å². The van der Waals surface area contributed by atoms with Crippen molar-refractivity contribution in [3.63, 3.8) is 0 Å². The lowest BCUT2D eigenvalue weighted by molar-refractivity contribution is 0.920. The van der Waals surface area contributed by atoms with Gasteiger partial charge in [-0.1, -0.05) is 76.4 Å². The van der Waals surface area contributed by atoms with Crippen LogP contribution in [0.15, 0.2) is 72.8 Å². The second-order valence-electron chi connectivity index (χ2n) is 7.58. The zero-order chi connectivity index (χ0) is 19.8. The summed E-state index contributed by atoms with van der Waals surface area (Å²) in [5, 5.41) is 0. The smallest absolute Gasteiger partial charge is 0.0461 e. The molecule has 146 valence electrons. The van der Waals surface area contributed by atoms with Crippen molar-refractivity contribution in [1.82, 2.24) is 0 Å². The normalized spacial score (nSPS) is 10.8. The van der Waals surface area contributed by atoms with Crippen molar-refractivity contribution in [2.75, 3.05) is 4.90 Å². The number of anilines is 3. The van der Waals surface area contributed by atoms with Crippen molar-refractivity contribution < 1.29 is 0 Å². The number of hydrogen-bond donors (Lipinski definition) is 0. The molecule has 1 nitrogen and oxygen atoms in total. The second-order valence-corrected chi connectivity index (χ2v) is 7.58. The first-order valence-electron chi connectivity index (χ1n) is 10.8. The molecule has 0 aliphatic heterocycles. The van der Waals surface area contributed by atoms with E-state index in [9.17, 15) is 0 Å². The van der Waals surface area contributed by atoms with Gasteiger partial charge in [-0.3, -0.25) is 0 Å². The minimum absolute atomic E-state index is 1.14. The summed E-state index contributed by atoms with van der Waals surface area (Å²) in [6.45, 7) is 6.70. The fourth-order valence-electron chi connectivity index (χ4n) is 3.75. The summed E-state index contributed by atoms with van der Waals surface area (Å²) in [5.74, 6) is 0. The highest BCUT2D eigenvalue weighted by Gasteiger charge is 2.12. The zero-order valence-corrected chi connectivity index (χ0v) is 17.6. The third kappa shape index (κ3) is 5.04. The maximum absolute atomic E-state index is 2.36. The van der Waals surface area contributed by atoms with E-state index in [1.807, 2.05) is 0 Å². The molecule has 3 aromatic rings. The van der Waals surface area contributed by atoms with E-state index >= 15 is 0 Å². The Hall–Kier alpha value is -2.54. The molecule has 0 amide bonds. The van der Waals surface area contributed by atoms with Crippen LogP contribution < -0.4 is 4.90 Å². The quantitative estimate of drug-likeness (QED) is 0.368. The molecule has 0 aromatic heterocycles. The summed E-state index contributed by atoms with van der Waals surface area (Å²) in [4.78, 5) is 2.36. The van der Waals surface area contributed by atoms with Gasteiger partial charge in [0.25, 0.3) is 0 Å². The molecule has 3 rings (SSSR count). The Labute approximate surface area is 171 Å². The fourth-order valence-corrected chi connectivity index (χ4v) is 3.75. The Kier molecular flexibility index (Phi) is 7.31. The molecule has 3 aromatic carbocycles. The van der Waals surface area contributed by atoms with Crippen LogP contribution in [0.25, 0.3) is 0 Å². The molecule has 0 heterocycles. The van der Waals surface area contributed by atoms with E-state index in [0.717, 1.165) is 19.3 Å². The highest BCUT2D eigenvalue weighted by Crippen LogP contribution is 2.35. The van der Waals surface area contributed by atoms with Gasteiger partial charge < -0.3 is 4.90 Å². The van der Waals surface area contributed by atoms with Crippen LogP contribution in [0.2, 0.25) is 0 Å². The van der Waals surface area contributed by atoms with Gasteiger partial charge in [-0.25, -0.2) is 0 Å². The van der Waals surface area contributed by atoms with Gasteiger partial charge in [0.1, 0.15) is 0 Å². The minimum Gasteiger partial charge on any atom is -0.311 e. The zero-order valence-electron chi connectivity index (χ0n) is 17.6. The van der Waals surface area contributed by atoms with Gasteiger partial charge in [0.2, 0.25) is 0 Å². The topological polar surface area (TPSA) is 3.24 Å². The fraction of sp³-hybridized carbons (Fsp3) is 0.333. The second kappa shape index (κ2) is 10.1. The van der Waals surface area contributed by atoms with Gasteiger partial charge in [0.15, 0.2) is 0 Å². The molecule has 0 aliphatic carbocycles. The molecule has 0 spiro atoms. The molecule has 0 radical (unpaired) electrons. The maximum Gasteiger partial charge on any atom is 0.0461 e. The summed E-state index contributed by atoms with van der Waals surface area (Å²) < 4.78 is 0. The van der Waals surface area contributed by atoms with Gasteiger partial charge >= 0.3 is 0 Å². The van der Waals surface area contributed by atoms with E-state index in [1.54, 1.807) is 0 Å². The van der Waals surface area contributed by atoms with E-state index in [4.69, 9.17) is 0 Å². The Morgan fingerprint density at radius 2 is 0.679 bits per heavy atom. The van der Waals surface area contributed by atoms with Crippen molar-refractivity contribution >= 4 is 17.1 Å². The predicted molar refractivity (Wildman–Crippen MR) is 123 cm³/mol. The molecule has 0 N–H and O–H groups in total. The Bertz CT molecular complexity index is 711. The van der Waals surface area contributed by atoms with Crippen molar-refractivity contribution in [3.8, 4) is 0 Å². The first-order valence-corrected chi connectivity index (χ1v) is 10.8. The summed E-state index contributed by atoms with van der Waals surface area (Å²) in [5.41, 5.74) is 7.86. The summed E-state index contributed by atoms with van der Waals surface area (Å²) in [7, 11) is 0. The highest BCUT2D eigenvalue weighted by molar-refractivity contribution is 5.76. The Morgan fingerprint density at radius 1 is 0.429 bits per heavy atom. The van der Waals surface area contributed by atoms with Gasteiger partial charge in [0, 0.05) is 17.1 Å². The van der Waals surface area contributed by atoms with Crippen LogP contribution in [-0.2, 0) is 19.3 Å². The monoisotopic (exact) mass is 371 g/mol. The minimum atomic E-state index is 1.14. The molecule has 0 unspecified atom stereocenters. The number of hydrogen-bond acceptors (Lipinski definition) is 1. The Morgan fingerprint density at radius 3 is 0.893 bits per heavy atom. The number of rotatable bonds is 9. The van der Waals surface area contributed by atoms with Crippen molar-refractivity contribution in [2.24, 2.45) is 0 Å². The molecule has 28 heavy (non-hydrogen) atoms. The molecule has 0 saturated heterocycles.